The van der Waals surface area contributed by atoms with Crippen LogP contribution in [0.3, 0.4) is 0 Å². The molecule has 0 saturated heterocycles. The molecule has 1 heteroatoms. The summed E-state index contributed by atoms with van der Waals surface area (Å²) in [5.74, 6) is 0. The fourth-order valence-electron chi connectivity index (χ4n) is 3.84. The van der Waals surface area contributed by atoms with E-state index in [1.807, 2.05) is 0 Å². The molecule has 0 atom stereocenters. The Hall–Kier alpha value is -2.28. The van der Waals surface area contributed by atoms with Gasteiger partial charge in [-0.3, -0.25) is 0 Å². The fourth-order valence-corrected chi connectivity index (χ4v) is 3.84. The summed E-state index contributed by atoms with van der Waals surface area (Å²) >= 11 is 0. The molecule has 0 N–H and O–H groups in total. The standard InChI is InChI=1S/C22H25N/c1-14-11-15(2)22(16(3)12-14)18(5)17(4)21-13-19-9-7-8-10-20(19)23(21)6/h7-10H,1-3,11-13H2,4-6H3. The molecule has 0 unspecified atom stereocenters. The maximum Gasteiger partial charge on any atom is 0.0442 e. The fraction of sp³-hybridized carbons (Fsp3) is 0.273. The number of hydrogen-bond acceptors (Lipinski definition) is 1. The van der Waals surface area contributed by atoms with Crippen molar-refractivity contribution in [1.29, 1.82) is 0 Å². The third-order valence-corrected chi connectivity index (χ3v) is 5.12. The summed E-state index contributed by atoms with van der Waals surface area (Å²) in [6.07, 6.45) is 2.78. The minimum Gasteiger partial charge on any atom is -0.347 e. The van der Waals surface area contributed by atoms with Gasteiger partial charge in [0.25, 0.3) is 0 Å². The highest BCUT2D eigenvalue weighted by Crippen LogP contribution is 2.40. The molecule has 0 aromatic heterocycles. The monoisotopic (exact) mass is 303 g/mol. The molecule has 1 aromatic carbocycles. The number of benzene rings is 1. The van der Waals surface area contributed by atoms with Gasteiger partial charge in [-0.1, -0.05) is 43.5 Å². The van der Waals surface area contributed by atoms with E-state index in [9.17, 15) is 0 Å². The summed E-state index contributed by atoms with van der Waals surface area (Å²) in [5.41, 5.74) is 11.5. The Kier molecular flexibility index (Phi) is 3.89. The smallest absolute Gasteiger partial charge is 0.0442 e. The first kappa shape index (κ1) is 15.6. The topological polar surface area (TPSA) is 3.24 Å². The van der Waals surface area contributed by atoms with E-state index in [1.54, 1.807) is 0 Å². The minimum absolute atomic E-state index is 0.893. The molecule has 0 amide bonds. The summed E-state index contributed by atoms with van der Waals surface area (Å²) in [5, 5.41) is 0. The molecule has 118 valence electrons. The molecule has 1 aromatic rings. The zero-order valence-electron chi connectivity index (χ0n) is 14.5. The van der Waals surface area contributed by atoms with E-state index in [-0.39, 0.29) is 0 Å². The lowest BCUT2D eigenvalue weighted by Gasteiger charge is -2.26. The average Bonchev–Trinajstić information content (AvgIpc) is 2.83. The van der Waals surface area contributed by atoms with E-state index >= 15 is 0 Å². The highest BCUT2D eigenvalue weighted by atomic mass is 15.1. The molecular formula is C22H25N. The van der Waals surface area contributed by atoms with Crippen LogP contribution in [0.15, 0.2) is 83.1 Å². The van der Waals surface area contributed by atoms with Crippen LogP contribution in [0.1, 0.15) is 32.3 Å². The number of rotatable bonds is 1. The highest BCUT2D eigenvalue weighted by molar-refractivity contribution is 5.67. The summed E-state index contributed by atoms with van der Waals surface area (Å²) < 4.78 is 0. The van der Waals surface area contributed by atoms with E-state index in [4.69, 9.17) is 0 Å². The van der Waals surface area contributed by atoms with Gasteiger partial charge in [-0.05, 0) is 66.2 Å². The first-order chi connectivity index (χ1) is 10.9. The number of nitrogens with zero attached hydrogens (tertiary/aromatic N) is 1. The van der Waals surface area contributed by atoms with Crippen molar-refractivity contribution in [2.75, 3.05) is 11.9 Å². The first-order valence-corrected chi connectivity index (χ1v) is 8.15. The Morgan fingerprint density at radius 2 is 1.52 bits per heavy atom. The Morgan fingerprint density at radius 1 is 0.913 bits per heavy atom. The Balaban J connectivity index is 2.05. The van der Waals surface area contributed by atoms with Gasteiger partial charge < -0.3 is 4.90 Å². The molecule has 0 spiro atoms. The van der Waals surface area contributed by atoms with Crippen LogP contribution >= 0.6 is 0 Å². The molecule has 0 bridgehead atoms. The van der Waals surface area contributed by atoms with Gasteiger partial charge in [0.2, 0.25) is 0 Å². The largest absolute Gasteiger partial charge is 0.347 e. The number of fused-ring (bicyclic) bond motifs is 1. The van der Waals surface area contributed by atoms with Gasteiger partial charge in [0.15, 0.2) is 0 Å². The quantitative estimate of drug-likeness (QED) is 0.599. The van der Waals surface area contributed by atoms with E-state index in [1.165, 1.54) is 39.2 Å². The predicted molar refractivity (Wildman–Crippen MR) is 101 cm³/mol. The van der Waals surface area contributed by atoms with Crippen molar-refractivity contribution in [3.05, 3.63) is 88.7 Å². The van der Waals surface area contributed by atoms with E-state index in [2.05, 4.69) is 69.8 Å². The summed E-state index contributed by atoms with van der Waals surface area (Å²) in [6, 6.07) is 8.64. The zero-order chi connectivity index (χ0) is 16.7. The Morgan fingerprint density at radius 3 is 2.13 bits per heavy atom. The van der Waals surface area contributed by atoms with E-state index in [0.29, 0.717) is 0 Å². The van der Waals surface area contributed by atoms with Crippen molar-refractivity contribution in [2.45, 2.75) is 33.1 Å². The summed E-state index contributed by atoms with van der Waals surface area (Å²) in [7, 11) is 2.16. The molecular weight excluding hydrogens is 278 g/mol. The highest BCUT2D eigenvalue weighted by Gasteiger charge is 2.25. The average molecular weight is 303 g/mol. The van der Waals surface area contributed by atoms with Crippen LogP contribution < -0.4 is 4.90 Å². The minimum atomic E-state index is 0.893. The second kappa shape index (κ2) is 5.73. The van der Waals surface area contributed by atoms with Crippen molar-refractivity contribution >= 4 is 5.69 Å². The lowest BCUT2D eigenvalue weighted by molar-refractivity contribution is 0.954. The van der Waals surface area contributed by atoms with Crippen LogP contribution in [0, 0.1) is 0 Å². The number of anilines is 1. The van der Waals surface area contributed by atoms with Crippen molar-refractivity contribution in [3.63, 3.8) is 0 Å². The normalized spacial score (nSPS) is 20.0. The molecule has 1 fully saturated rings. The number of hydrogen-bond donors (Lipinski definition) is 0. The zero-order valence-corrected chi connectivity index (χ0v) is 14.5. The molecule has 1 heterocycles. The number of para-hydroxylation sites is 1. The van der Waals surface area contributed by atoms with Gasteiger partial charge in [0.05, 0.1) is 0 Å². The maximum atomic E-state index is 4.27. The van der Waals surface area contributed by atoms with Crippen molar-refractivity contribution in [2.24, 2.45) is 0 Å². The number of likely N-dealkylation sites (N-methyl/N-ethyl adjacent to an activating group) is 1. The van der Waals surface area contributed by atoms with Crippen molar-refractivity contribution in [3.8, 4) is 0 Å². The summed E-state index contributed by atoms with van der Waals surface area (Å²) in [6.45, 7) is 17.1. The van der Waals surface area contributed by atoms with Gasteiger partial charge in [-0.2, -0.15) is 0 Å². The van der Waals surface area contributed by atoms with Crippen LogP contribution in [-0.2, 0) is 6.42 Å². The van der Waals surface area contributed by atoms with E-state index in [0.717, 1.165) is 30.4 Å². The van der Waals surface area contributed by atoms with Crippen LogP contribution in [0.25, 0.3) is 0 Å². The van der Waals surface area contributed by atoms with Crippen LogP contribution in [0.2, 0.25) is 0 Å². The van der Waals surface area contributed by atoms with Gasteiger partial charge in [0, 0.05) is 24.9 Å². The number of allylic oxidation sites excluding steroid dienone is 7. The second-order valence-corrected chi connectivity index (χ2v) is 6.75. The van der Waals surface area contributed by atoms with Crippen LogP contribution in [-0.4, -0.2) is 7.05 Å². The molecule has 3 rings (SSSR count). The Bertz CT molecular complexity index is 764. The molecule has 1 saturated carbocycles. The van der Waals surface area contributed by atoms with Crippen molar-refractivity contribution in [1.82, 2.24) is 0 Å². The molecule has 1 aliphatic carbocycles. The lowest BCUT2D eigenvalue weighted by atomic mass is 9.80. The third-order valence-electron chi connectivity index (χ3n) is 5.12. The summed E-state index contributed by atoms with van der Waals surface area (Å²) in [4.78, 5) is 2.32. The maximum absolute atomic E-state index is 4.27. The molecule has 0 radical (unpaired) electrons. The SMILES string of the molecule is C=C1CC(=C)C(=C(C)C(C)=C2Cc3ccccc3N2C)C(=C)C1. The van der Waals surface area contributed by atoms with E-state index < -0.39 is 0 Å². The predicted octanol–water partition coefficient (Wildman–Crippen LogP) is 5.73. The van der Waals surface area contributed by atoms with Gasteiger partial charge in [-0.15, -0.1) is 0 Å². The van der Waals surface area contributed by atoms with Crippen LogP contribution in [0.4, 0.5) is 5.69 Å². The molecule has 2 aliphatic rings. The third kappa shape index (κ3) is 2.61. The molecule has 1 nitrogen and oxygen atoms in total. The molecule has 1 aliphatic heterocycles. The Labute approximate surface area is 140 Å². The van der Waals surface area contributed by atoms with Gasteiger partial charge in [0.1, 0.15) is 0 Å². The molecule has 23 heavy (non-hydrogen) atoms. The van der Waals surface area contributed by atoms with Gasteiger partial charge in [-0.25, -0.2) is 0 Å². The van der Waals surface area contributed by atoms with Crippen LogP contribution in [0.5, 0.6) is 0 Å². The second-order valence-electron chi connectivity index (χ2n) is 6.75. The van der Waals surface area contributed by atoms with Gasteiger partial charge >= 0.3 is 0 Å². The van der Waals surface area contributed by atoms with Crippen molar-refractivity contribution < 1.29 is 0 Å². The first-order valence-electron chi connectivity index (χ1n) is 8.15. The lowest BCUT2D eigenvalue weighted by Crippen LogP contribution is -2.14.